The summed E-state index contributed by atoms with van der Waals surface area (Å²) >= 11 is 0. The number of amides is 2. The zero-order valence-electron chi connectivity index (χ0n) is 17.0. The second kappa shape index (κ2) is 8.66. The van der Waals surface area contributed by atoms with Gasteiger partial charge < -0.3 is 19.3 Å². The minimum absolute atomic E-state index is 0.143. The van der Waals surface area contributed by atoms with Crippen molar-refractivity contribution in [2.75, 3.05) is 10.2 Å². The maximum Gasteiger partial charge on any atom is 0.297 e. The molecule has 0 unspecified atom stereocenters. The molecule has 0 aliphatic heterocycles. The lowest BCUT2D eigenvalue weighted by molar-refractivity contribution is 0.0948. The molecule has 0 fully saturated rings. The van der Waals surface area contributed by atoms with Gasteiger partial charge in [-0.2, -0.15) is 0 Å². The lowest BCUT2D eigenvalue weighted by atomic mass is 10.1. The van der Waals surface area contributed by atoms with Crippen LogP contribution in [0.25, 0.3) is 0 Å². The predicted molar refractivity (Wildman–Crippen MR) is 114 cm³/mol. The molecule has 8 heteroatoms. The molecule has 2 aromatic carbocycles. The van der Waals surface area contributed by atoms with Gasteiger partial charge in [-0.15, -0.1) is 0 Å². The Kier molecular flexibility index (Phi) is 5.61. The molecule has 0 radical (unpaired) electrons. The molecule has 0 bridgehead atoms. The first-order valence-electron chi connectivity index (χ1n) is 9.63. The van der Waals surface area contributed by atoms with Crippen LogP contribution >= 0.6 is 0 Å². The molecule has 2 aromatic heterocycles. The van der Waals surface area contributed by atoms with Crippen molar-refractivity contribution in [1.82, 2.24) is 10.3 Å². The molecule has 0 aliphatic rings. The van der Waals surface area contributed by atoms with Crippen LogP contribution in [0, 0.1) is 13.8 Å². The Bertz CT molecular complexity index is 1200. The molecule has 4 aromatic rings. The fourth-order valence-corrected chi connectivity index (χ4v) is 3.03. The Labute approximate surface area is 178 Å². The summed E-state index contributed by atoms with van der Waals surface area (Å²) in [5, 5.41) is 10.3. The third-order valence-electron chi connectivity index (χ3n) is 4.56. The third kappa shape index (κ3) is 4.69. The zero-order valence-corrected chi connectivity index (χ0v) is 17.0. The average Bonchev–Trinajstić information content (AvgIpc) is 3.42. The Morgan fingerprint density at radius 3 is 2.06 bits per heavy atom. The van der Waals surface area contributed by atoms with Crippen LogP contribution in [0.2, 0.25) is 0 Å². The highest BCUT2D eigenvalue weighted by molar-refractivity contribution is 6.04. The van der Waals surface area contributed by atoms with Crippen LogP contribution in [0.4, 0.5) is 11.4 Å². The first-order valence-corrected chi connectivity index (χ1v) is 9.63. The standard InChI is InChI=1S/C23H20N4O4/c1-15-12-20(30-25-15)22(28)24-18-10-8-17(9-11-18)14-27(19-6-4-3-5-7-19)23(29)21-13-16(2)26-31-21/h3-13H,14H2,1-2H3,(H,24,28). The van der Waals surface area contributed by atoms with Gasteiger partial charge in [0, 0.05) is 23.5 Å². The van der Waals surface area contributed by atoms with Gasteiger partial charge in [0.2, 0.25) is 11.5 Å². The quantitative estimate of drug-likeness (QED) is 0.501. The highest BCUT2D eigenvalue weighted by Crippen LogP contribution is 2.21. The molecule has 156 valence electrons. The lowest BCUT2D eigenvalue weighted by Gasteiger charge is -2.22. The highest BCUT2D eigenvalue weighted by atomic mass is 16.5. The minimum atomic E-state index is -0.380. The molecule has 0 atom stereocenters. The van der Waals surface area contributed by atoms with Crippen molar-refractivity contribution in [2.45, 2.75) is 20.4 Å². The number of carbonyl (C=O) groups excluding carboxylic acids is 2. The van der Waals surface area contributed by atoms with Crippen LogP contribution in [0.5, 0.6) is 0 Å². The summed E-state index contributed by atoms with van der Waals surface area (Å²) in [4.78, 5) is 26.9. The SMILES string of the molecule is Cc1cc(C(=O)Nc2ccc(CN(C(=O)c3cc(C)no3)c3ccccc3)cc2)on1. The number of aromatic nitrogens is 2. The summed E-state index contributed by atoms with van der Waals surface area (Å²) in [6.45, 7) is 3.83. The Morgan fingerprint density at radius 2 is 1.48 bits per heavy atom. The Balaban J connectivity index is 1.51. The molecular weight excluding hydrogens is 396 g/mol. The summed E-state index contributed by atoms with van der Waals surface area (Å²) in [5.41, 5.74) is 3.49. The van der Waals surface area contributed by atoms with Gasteiger partial charge in [0.1, 0.15) is 0 Å². The van der Waals surface area contributed by atoms with E-state index in [4.69, 9.17) is 9.05 Å². The van der Waals surface area contributed by atoms with E-state index in [1.165, 1.54) is 0 Å². The largest absolute Gasteiger partial charge is 0.351 e. The van der Waals surface area contributed by atoms with Gasteiger partial charge in [-0.3, -0.25) is 9.59 Å². The molecule has 2 heterocycles. The monoisotopic (exact) mass is 416 g/mol. The number of anilines is 2. The number of carbonyl (C=O) groups is 2. The smallest absolute Gasteiger partial charge is 0.297 e. The molecule has 0 saturated carbocycles. The van der Waals surface area contributed by atoms with Crippen molar-refractivity contribution in [2.24, 2.45) is 0 Å². The maximum absolute atomic E-state index is 13.1. The molecule has 8 nitrogen and oxygen atoms in total. The second-order valence-electron chi connectivity index (χ2n) is 7.04. The maximum atomic E-state index is 13.1. The van der Waals surface area contributed by atoms with Crippen LogP contribution in [0.1, 0.15) is 38.1 Å². The van der Waals surface area contributed by atoms with E-state index in [0.717, 1.165) is 11.3 Å². The number of para-hydroxylation sites is 1. The molecule has 2 amide bonds. The van der Waals surface area contributed by atoms with Crippen LogP contribution in [-0.4, -0.2) is 22.1 Å². The average molecular weight is 416 g/mol. The predicted octanol–water partition coefficient (Wildman–Crippen LogP) is 4.38. The van der Waals surface area contributed by atoms with E-state index < -0.39 is 0 Å². The third-order valence-corrected chi connectivity index (χ3v) is 4.56. The summed E-state index contributed by atoms with van der Waals surface area (Å²) in [6, 6.07) is 19.7. The van der Waals surface area contributed by atoms with E-state index in [2.05, 4.69) is 15.6 Å². The number of aryl methyl sites for hydroxylation is 2. The van der Waals surface area contributed by atoms with E-state index in [1.54, 1.807) is 43.0 Å². The number of benzene rings is 2. The van der Waals surface area contributed by atoms with Crippen molar-refractivity contribution in [3.05, 3.63) is 95.2 Å². The van der Waals surface area contributed by atoms with Crippen molar-refractivity contribution in [3.8, 4) is 0 Å². The van der Waals surface area contributed by atoms with Crippen LogP contribution in [0.15, 0.2) is 75.8 Å². The summed E-state index contributed by atoms with van der Waals surface area (Å²) in [7, 11) is 0. The van der Waals surface area contributed by atoms with Gasteiger partial charge in [0.25, 0.3) is 11.8 Å². The number of nitrogens with zero attached hydrogens (tertiary/aromatic N) is 3. The number of rotatable bonds is 6. The van der Waals surface area contributed by atoms with Gasteiger partial charge in [-0.05, 0) is 43.7 Å². The first-order chi connectivity index (χ1) is 15.0. The van der Waals surface area contributed by atoms with Crippen molar-refractivity contribution in [3.63, 3.8) is 0 Å². The molecule has 0 aliphatic carbocycles. The normalized spacial score (nSPS) is 10.6. The van der Waals surface area contributed by atoms with Gasteiger partial charge in [-0.1, -0.05) is 40.6 Å². The van der Waals surface area contributed by atoms with Gasteiger partial charge in [0.05, 0.1) is 17.9 Å². The minimum Gasteiger partial charge on any atom is -0.351 e. The second-order valence-corrected chi connectivity index (χ2v) is 7.04. The first kappa shape index (κ1) is 20.1. The molecule has 1 N–H and O–H groups in total. The van der Waals surface area contributed by atoms with E-state index >= 15 is 0 Å². The van der Waals surface area contributed by atoms with Crippen LogP contribution in [0.3, 0.4) is 0 Å². The van der Waals surface area contributed by atoms with Crippen LogP contribution in [-0.2, 0) is 6.54 Å². The van der Waals surface area contributed by atoms with Gasteiger partial charge in [-0.25, -0.2) is 0 Å². The van der Waals surface area contributed by atoms with E-state index in [0.29, 0.717) is 23.6 Å². The number of hydrogen-bond donors (Lipinski definition) is 1. The Morgan fingerprint density at radius 1 is 0.871 bits per heavy atom. The van der Waals surface area contributed by atoms with Crippen molar-refractivity contribution < 1.29 is 18.6 Å². The zero-order chi connectivity index (χ0) is 21.8. The number of hydrogen-bond acceptors (Lipinski definition) is 6. The number of nitrogens with one attached hydrogen (secondary N) is 1. The van der Waals surface area contributed by atoms with Crippen LogP contribution < -0.4 is 10.2 Å². The van der Waals surface area contributed by atoms with Crippen molar-refractivity contribution in [1.29, 1.82) is 0 Å². The highest BCUT2D eigenvalue weighted by Gasteiger charge is 2.22. The Hall–Kier alpha value is -4.20. The molecule has 4 rings (SSSR count). The fraction of sp³-hybridized carbons (Fsp3) is 0.130. The summed E-state index contributed by atoms with van der Waals surface area (Å²) in [5.74, 6) is -0.350. The van der Waals surface area contributed by atoms with E-state index in [1.807, 2.05) is 42.5 Å². The van der Waals surface area contributed by atoms with E-state index in [-0.39, 0.29) is 23.3 Å². The molecular formula is C23H20N4O4. The summed E-state index contributed by atoms with van der Waals surface area (Å²) < 4.78 is 10.1. The van der Waals surface area contributed by atoms with Crippen molar-refractivity contribution >= 4 is 23.2 Å². The lowest BCUT2D eigenvalue weighted by Crippen LogP contribution is -2.30. The van der Waals surface area contributed by atoms with Gasteiger partial charge >= 0.3 is 0 Å². The summed E-state index contributed by atoms with van der Waals surface area (Å²) in [6.07, 6.45) is 0. The molecule has 0 spiro atoms. The molecule has 31 heavy (non-hydrogen) atoms. The van der Waals surface area contributed by atoms with Gasteiger partial charge in [0.15, 0.2) is 0 Å². The van der Waals surface area contributed by atoms with E-state index in [9.17, 15) is 9.59 Å². The fourth-order valence-electron chi connectivity index (χ4n) is 3.03. The molecule has 0 saturated heterocycles. The topological polar surface area (TPSA) is 101 Å².